The van der Waals surface area contributed by atoms with Crippen LogP contribution in [0.25, 0.3) is 0 Å². The molecule has 0 spiro atoms. The van der Waals surface area contributed by atoms with Crippen molar-refractivity contribution in [1.82, 2.24) is 10.6 Å². The fourth-order valence-electron chi connectivity index (χ4n) is 1.39. The van der Waals surface area contributed by atoms with Crippen molar-refractivity contribution in [3.63, 3.8) is 0 Å². The van der Waals surface area contributed by atoms with Crippen molar-refractivity contribution in [2.45, 2.75) is 39.2 Å². The molecular formula is C11H22N2O5S. The third kappa shape index (κ3) is 8.41. The summed E-state index contributed by atoms with van der Waals surface area (Å²) in [5, 5.41) is 13.6. The van der Waals surface area contributed by atoms with Crippen molar-refractivity contribution < 1.29 is 23.1 Å². The van der Waals surface area contributed by atoms with Crippen LogP contribution in [0.5, 0.6) is 0 Å². The minimum atomic E-state index is -3.03. The number of carboxylic acid groups (broad SMARTS) is 1. The molecule has 112 valence electrons. The van der Waals surface area contributed by atoms with E-state index in [-0.39, 0.29) is 18.1 Å². The van der Waals surface area contributed by atoms with E-state index in [9.17, 15) is 18.0 Å². The molecule has 7 nitrogen and oxygen atoms in total. The van der Waals surface area contributed by atoms with E-state index in [2.05, 4.69) is 10.6 Å². The van der Waals surface area contributed by atoms with E-state index in [0.29, 0.717) is 19.3 Å². The third-order valence-electron chi connectivity index (χ3n) is 2.54. The van der Waals surface area contributed by atoms with E-state index < -0.39 is 27.9 Å². The fraction of sp³-hybridized carbons (Fsp3) is 0.818. The number of nitrogens with one attached hydrogen (secondary N) is 2. The van der Waals surface area contributed by atoms with Gasteiger partial charge in [-0.3, -0.25) is 0 Å². The van der Waals surface area contributed by atoms with E-state index in [1.165, 1.54) is 0 Å². The van der Waals surface area contributed by atoms with Crippen LogP contribution in [0, 0.1) is 0 Å². The largest absolute Gasteiger partial charge is 0.480 e. The van der Waals surface area contributed by atoms with Gasteiger partial charge in [0.2, 0.25) is 0 Å². The molecule has 0 aromatic rings. The van der Waals surface area contributed by atoms with Gasteiger partial charge in [-0.25, -0.2) is 18.0 Å². The van der Waals surface area contributed by atoms with Crippen molar-refractivity contribution in [1.29, 1.82) is 0 Å². The van der Waals surface area contributed by atoms with Crippen LogP contribution in [0.4, 0.5) is 4.79 Å². The molecular weight excluding hydrogens is 272 g/mol. The molecule has 8 heteroatoms. The molecule has 1 atom stereocenters. The number of aliphatic carboxylic acids is 1. The van der Waals surface area contributed by atoms with Crippen LogP contribution in [0.2, 0.25) is 0 Å². The molecule has 0 radical (unpaired) electrons. The average molecular weight is 294 g/mol. The van der Waals surface area contributed by atoms with E-state index >= 15 is 0 Å². The molecule has 2 amide bonds. The summed E-state index contributed by atoms with van der Waals surface area (Å²) in [5.74, 6) is -0.983. The molecule has 19 heavy (non-hydrogen) atoms. The van der Waals surface area contributed by atoms with Crippen LogP contribution in [-0.4, -0.2) is 49.6 Å². The van der Waals surface area contributed by atoms with Gasteiger partial charge in [0, 0.05) is 12.3 Å². The number of rotatable bonds is 9. The van der Waals surface area contributed by atoms with Crippen molar-refractivity contribution in [2.24, 2.45) is 0 Å². The maximum atomic E-state index is 11.4. The van der Waals surface area contributed by atoms with Crippen LogP contribution in [0.15, 0.2) is 0 Å². The molecule has 0 saturated carbocycles. The SMILES string of the molecule is CCCC(NC(=O)NCCCS(=O)(=O)CC)C(=O)O. The summed E-state index contributed by atoms with van der Waals surface area (Å²) in [6.07, 6.45) is 1.31. The van der Waals surface area contributed by atoms with Crippen LogP contribution in [0.1, 0.15) is 33.1 Å². The number of carboxylic acids is 1. The summed E-state index contributed by atoms with van der Waals surface area (Å²) in [6.45, 7) is 3.59. The van der Waals surface area contributed by atoms with E-state index in [1.54, 1.807) is 6.92 Å². The Bertz CT molecular complexity index is 394. The monoisotopic (exact) mass is 294 g/mol. The Hall–Kier alpha value is -1.31. The standard InChI is InChI=1S/C11H22N2O5S/c1-3-6-9(10(14)15)13-11(16)12-7-5-8-19(17,18)4-2/h9H,3-8H2,1-2H3,(H,14,15)(H2,12,13,16). The molecule has 0 aliphatic rings. The Morgan fingerprint density at radius 1 is 1.26 bits per heavy atom. The molecule has 0 aliphatic carbocycles. The van der Waals surface area contributed by atoms with Gasteiger partial charge in [-0.15, -0.1) is 0 Å². The van der Waals surface area contributed by atoms with Gasteiger partial charge in [-0.2, -0.15) is 0 Å². The highest BCUT2D eigenvalue weighted by molar-refractivity contribution is 7.91. The lowest BCUT2D eigenvalue weighted by atomic mass is 10.2. The predicted molar refractivity (Wildman–Crippen MR) is 71.8 cm³/mol. The number of carbonyl (C=O) groups excluding carboxylic acids is 1. The first-order valence-corrected chi connectivity index (χ1v) is 8.12. The van der Waals surface area contributed by atoms with Crippen LogP contribution in [-0.2, 0) is 14.6 Å². The molecule has 0 aliphatic heterocycles. The Kier molecular flexibility index (Phi) is 8.13. The molecule has 0 saturated heterocycles. The van der Waals surface area contributed by atoms with Gasteiger partial charge in [-0.05, 0) is 12.8 Å². The van der Waals surface area contributed by atoms with E-state index in [1.807, 2.05) is 6.92 Å². The van der Waals surface area contributed by atoms with Gasteiger partial charge in [-0.1, -0.05) is 20.3 Å². The van der Waals surface area contributed by atoms with Gasteiger partial charge in [0.1, 0.15) is 15.9 Å². The van der Waals surface area contributed by atoms with E-state index in [0.717, 1.165) is 0 Å². The number of hydrogen-bond acceptors (Lipinski definition) is 4. The maximum absolute atomic E-state index is 11.4. The minimum absolute atomic E-state index is 0.0150. The Morgan fingerprint density at radius 3 is 2.37 bits per heavy atom. The smallest absolute Gasteiger partial charge is 0.326 e. The minimum Gasteiger partial charge on any atom is -0.480 e. The first kappa shape index (κ1) is 17.7. The molecule has 0 aromatic carbocycles. The zero-order valence-electron chi connectivity index (χ0n) is 11.3. The van der Waals surface area contributed by atoms with E-state index in [4.69, 9.17) is 5.11 Å². The first-order chi connectivity index (χ1) is 8.82. The zero-order valence-corrected chi connectivity index (χ0v) is 12.1. The molecule has 0 fully saturated rings. The molecule has 0 heterocycles. The van der Waals surface area contributed by atoms with Crippen LogP contribution < -0.4 is 10.6 Å². The topological polar surface area (TPSA) is 113 Å². The summed E-state index contributed by atoms with van der Waals surface area (Å²) in [4.78, 5) is 22.2. The Morgan fingerprint density at radius 2 is 1.89 bits per heavy atom. The van der Waals surface area contributed by atoms with Gasteiger partial charge >= 0.3 is 12.0 Å². The van der Waals surface area contributed by atoms with Crippen LogP contribution in [0.3, 0.4) is 0 Å². The quantitative estimate of drug-likeness (QED) is 0.532. The second-order valence-electron chi connectivity index (χ2n) is 4.17. The second-order valence-corrected chi connectivity index (χ2v) is 6.64. The lowest BCUT2D eigenvalue weighted by molar-refractivity contribution is -0.139. The van der Waals surface area contributed by atoms with Crippen molar-refractivity contribution >= 4 is 21.8 Å². The molecule has 3 N–H and O–H groups in total. The van der Waals surface area contributed by atoms with Gasteiger partial charge in [0.15, 0.2) is 0 Å². The number of hydrogen-bond donors (Lipinski definition) is 3. The predicted octanol–water partition coefficient (Wildman–Crippen LogP) is 0.364. The molecule has 0 aromatic heterocycles. The van der Waals surface area contributed by atoms with Gasteiger partial charge < -0.3 is 15.7 Å². The highest BCUT2D eigenvalue weighted by atomic mass is 32.2. The number of sulfone groups is 1. The number of amides is 2. The van der Waals surface area contributed by atoms with Gasteiger partial charge in [0.25, 0.3) is 0 Å². The average Bonchev–Trinajstić information content (AvgIpc) is 2.34. The fourth-order valence-corrected chi connectivity index (χ4v) is 2.27. The summed E-state index contributed by atoms with van der Waals surface area (Å²) < 4.78 is 22.4. The second kappa shape index (κ2) is 8.73. The van der Waals surface area contributed by atoms with Gasteiger partial charge in [0.05, 0.1) is 5.75 Å². The molecule has 0 bridgehead atoms. The summed E-state index contributed by atoms with van der Waals surface area (Å²) in [7, 11) is -3.03. The Balaban J connectivity index is 3.95. The lowest BCUT2D eigenvalue weighted by Crippen LogP contribution is -2.46. The normalized spacial score (nSPS) is 12.7. The third-order valence-corrected chi connectivity index (χ3v) is 4.33. The highest BCUT2D eigenvalue weighted by Crippen LogP contribution is 1.96. The zero-order chi connectivity index (χ0) is 14.9. The molecule has 0 rings (SSSR count). The van der Waals surface area contributed by atoms with Crippen molar-refractivity contribution in [2.75, 3.05) is 18.1 Å². The van der Waals surface area contributed by atoms with Crippen molar-refractivity contribution in [3.8, 4) is 0 Å². The number of carbonyl (C=O) groups is 2. The van der Waals surface area contributed by atoms with Crippen molar-refractivity contribution in [3.05, 3.63) is 0 Å². The Labute approximate surface area is 113 Å². The van der Waals surface area contributed by atoms with Crippen LogP contribution >= 0.6 is 0 Å². The number of urea groups is 1. The molecule has 1 unspecified atom stereocenters. The maximum Gasteiger partial charge on any atom is 0.326 e. The summed E-state index contributed by atoms with van der Waals surface area (Å²) >= 11 is 0. The lowest BCUT2D eigenvalue weighted by Gasteiger charge is -2.14. The highest BCUT2D eigenvalue weighted by Gasteiger charge is 2.18. The first-order valence-electron chi connectivity index (χ1n) is 6.30. The summed E-state index contributed by atoms with van der Waals surface area (Å²) in [6, 6.07) is -1.50. The summed E-state index contributed by atoms with van der Waals surface area (Å²) in [5.41, 5.74) is 0.